The topological polar surface area (TPSA) is 46.5 Å². The molecule has 0 saturated heterocycles. The van der Waals surface area contributed by atoms with E-state index in [0.717, 1.165) is 16.4 Å². The maximum Gasteiger partial charge on any atom is 0.332 e. The van der Waals surface area contributed by atoms with E-state index in [9.17, 15) is 4.79 Å². The SMILES string of the molecule is CN(C)C(=O)CNc1[nH+]c(-c2ccccc2)cs1.[Br-]. The molecule has 6 heteroatoms. The van der Waals surface area contributed by atoms with Crippen molar-refractivity contribution in [3.63, 3.8) is 0 Å². The number of nitrogens with one attached hydrogen (secondary N) is 2. The first-order valence-corrected chi connectivity index (χ1v) is 6.55. The van der Waals surface area contributed by atoms with E-state index in [-0.39, 0.29) is 22.9 Å². The molecule has 0 aliphatic carbocycles. The molecule has 0 unspecified atom stereocenters. The van der Waals surface area contributed by atoms with Crippen molar-refractivity contribution in [2.24, 2.45) is 0 Å². The molecule has 2 aromatic rings. The van der Waals surface area contributed by atoms with E-state index in [0.29, 0.717) is 6.54 Å². The van der Waals surface area contributed by atoms with Gasteiger partial charge in [-0.25, -0.2) is 4.98 Å². The number of amides is 1. The zero-order valence-electron chi connectivity index (χ0n) is 10.8. The Hall–Kier alpha value is -1.40. The van der Waals surface area contributed by atoms with Crippen LogP contribution in [0.1, 0.15) is 0 Å². The predicted molar refractivity (Wildman–Crippen MR) is 73.5 cm³/mol. The molecule has 0 saturated carbocycles. The highest BCUT2D eigenvalue weighted by atomic mass is 79.9. The minimum atomic E-state index is 0. The summed E-state index contributed by atoms with van der Waals surface area (Å²) in [5.41, 5.74) is 2.20. The van der Waals surface area contributed by atoms with Crippen LogP contribution in [0.3, 0.4) is 0 Å². The number of anilines is 1. The lowest BCUT2D eigenvalue weighted by atomic mass is 10.2. The summed E-state index contributed by atoms with van der Waals surface area (Å²) in [6, 6.07) is 10.1. The summed E-state index contributed by atoms with van der Waals surface area (Å²) in [5, 5.41) is 6.02. The van der Waals surface area contributed by atoms with Crippen LogP contribution >= 0.6 is 11.3 Å². The van der Waals surface area contributed by atoms with Gasteiger partial charge in [-0.2, -0.15) is 0 Å². The molecule has 0 radical (unpaired) electrons. The van der Waals surface area contributed by atoms with Crippen LogP contribution in [0, 0.1) is 0 Å². The quantitative estimate of drug-likeness (QED) is 0.754. The smallest absolute Gasteiger partial charge is 0.332 e. The van der Waals surface area contributed by atoms with Gasteiger partial charge in [0.15, 0.2) is 6.54 Å². The Morgan fingerprint density at radius 1 is 1.32 bits per heavy atom. The molecule has 1 amide bonds. The standard InChI is InChI=1S/C13H15N3OS.BrH/c1-16(2)12(17)8-14-13-15-11(9-18-13)10-6-4-3-5-7-10;/h3-7,9H,8H2,1-2H3,(H,14,15);1H. The second kappa shape index (κ2) is 7.25. The number of aromatic amines is 1. The molecule has 2 rings (SSSR count). The lowest BCUT2D eigenvalue weighted by molar-refractivity contribution is -0.341. The zero-order valence-corrected chi connectivity index (χ0v) is 13.2. The van der Waals surface area contributed by atoms with Crippen LogP contribution in [0.5, 0.6) is 0 Å². The fraction of sp³-hybridized carbons (Fsp3) is 0.231. The maximum absolute atomic E-state index is 11.4. The summed E-state index contributed by atoms with van der Waals surface area (Å²) in [6.45, 7) is 0.304. The van der Waals surface area contributed by atoms with Gasteiger partial charge in [-0.1, -0.05) is 41.7 Å². The van der Waals surface area contributed by atoms with Gasteiger partial charge in [0.05, 0.1) is 0 Å². The van der Waals surface area contributed by atoms with Crippen molar-refractivity contribution >= 4 is 22.4 Å². The van der Waals surface area contributed by atoms with E-state index >= 15 is 0 Å². The monoisotopic (exact) mass is 341 g/mol. The number of hydrogen-bond acceptors (Lipinski definition) is 3. The number of nitrogens with zero attached hydrogens (tertiary/aromatic N) is 1. The molecule has 102 valence electrons. The first kappa shape index (κ1) is 15.7. The summed E-state index contributed by atoms with van der Waals surface area (Å²) in [4.78, 5) is 16.3. The molecule has 4 nitrogen and oxygen atoms in total. The Balaban J connectivity index is 0.00000180. The molecule has 1 aromatic carbocycles. The molecular weight excluding hydrogens is 326 g/mol. The van der Waals surface area contributed by atoms with Crippen LogP contribution in [0.25, 0.3) is 11.3 Å². The van der Waals surface area contributed by atoms with Gasteiger partial charge in [-0.05, 0) is 0 Å². The van der Waals surface area contributed by atoms with Crippen molar-refractivity contribution in [3.8, 4) is 11.3 Å². The number of likely N-dealkylation sites (N-methyl/N-ethyl adjacent to an activating group) is 1. The van der Waals surface area contributed by atoms with Gasteiger partial charge in [-0.15, -0.1) is 0 Å². The third-order valence-electron chi connectivity index (χ3n) is 2.53. The number of aromatic nitrogens is 1. The summed E-state index contributed by atoms with van der Waals surface area (Å²) in [5.74, 6) is 0.0538. The summed E-state index contributed by atoms with van der Waals surface area (Å²) in [6.07, 6.45) is 0. The normalized spacial score (nSPS) is 9.58. The number of carbonyl (C=O) groups excluding carboxylic acids is 1. The summed E-state index contributed by atoms with van der Waals surface area (Å²) in [7, 11) is 3.50. The molecule has 2 N–H and O–H groups in total. The van der Waals surface area contributed by atoms with E-state index in [1.54, 1.807) is 30.3 Å². The van der Waals surface area contributed by atoms with E-state index < -0.39 is 0 Å². The minimum Gasteiger partial charge on any atom is -1.00 e. The van der Waals surface area contributed by atoms with E-state index in [1.165, 1.54) is 0 Å². The van der Waals surface area contributed by atoms with E-state index in [4.69, 9.17) is 0 Å². The number of carbonyl (C=O) groups is 1. The Morgan fingerprint density at radius 3 is 2.63 bits per heavy atom. The maximum atomic E-state index is 11.4. The van der Waals surface area contributed by atoms with Crippen LogP contribution in [-0.2, 0) is 4.79 Å². The number of hydrogen-bond donors (Lipinski definition) is 1. The fourth-order valence-corrected chi connectivity index (χ4v) is 2.21. The van der Waals surface area contributed by atoms with Crippen LogP contribution < -0.4 is 27.3 Å². The van der Waals surface area contributed by atoms with Crippen molar-refractivity contribution < 1.29 is 26.8 Å². The Morgan fingerprint density at radius 2 is 2.00 bits per heavy atom. The molecular formula is C13H16BrN3OS. The third kappa shape index (κ3) is 4.33. The highest BCUT2D eigenvalue weighted by Gasteiger charge is 2.12. The van der Waals surface area contributed by atoms with Gasteiger partial charge < -0.3 is 21.9 Å². The molecule has 0 bridgehead atoms. The molecule has 0 aliphatic heterocycles. The Kier molecular flexibility index (Phi) is 5.98. The van der Waals surface area contributed by atoms with Crippen LogP contribution in [0.15, 0.2) is 35.7 Å². The van der Waals surface area contributed by atoms with Crippen molar-refractivity contribution in [2.45, 2.75) is 0 Å². The summed E-state index contributed by atoms with van der Waals surface area (Å²) >= 11 is 1.56. The van der Waals surface area contributed by atoms with Gasteiger partial charge in [-0.3, -0.25) is 10.1 Å². The van der Waals surface area contributed by atoms with Gasteiger partial charge in [0.1, 0.15) is 5.69 Å². The van der Waals surface area contributed by atoms with E-state index in [2.05, 4.69) is 10.3 Å². The summed E-state index contributed by atoms with van der Waals surface area (Å²) < 4.78 is 0. The third-order valence-corrected chi connectivity index (χ3v) is 3.36. The van der Waals surface area contributed by atoms with Crippen molar-refractivity contribution in [3.05, 3.63) is 35.7 Å². The average molecular weight is 342 g/mol. The minimum absolute atomic E-state index is 0. The highest BCUT2D eigenvalue weighted by molar-refractivity contribution is 7.13. The molecule has 0 spiro atoms. The molecule has 0 fully saturated rings. The lowest BCUT2D eigenvalue weighted by Gasteiger charge is -2.06. The van der Waals surface area contributed by atoms with Crippen molar-refractivity contribution in [1.29, 1.82) is 0 Å². The molecule has 1 heterocycles. The zero-order chi connectivity index (χ0) is 13.0. The van der Waals surface area contributed by atoms with Gasteiger partial charge >= 0.3 is 5.13 Å². The van der Waals surface area contributed by atoms with Crippen molar-refractivity contribution in [2.75, 3.05) is 26.0 Å². The highest BCUT2D eigenvalue weighted by Crippen LogP contribution is 2.19. The molecule has 0 atom stereocenters. The number of halogens is 1. The fourth-order valence-electron chi connectivity index (χ4n) is 1.46. The van der Waals surface area contributed by atoms with Gasteiger partial charge in [0.25, 0.3) is 5.91 Å². The van der Waals surface area contributed by atoms with Gasteiger partial charge in [0, 0.05) is 25.0 Å². The van der Waals surface area contributed by atoms with Crippen molar-refractivity contribution in [1.82, 2.24) is 4.90 Å². The molecule has 1 aromatic heterocycles. The molecule has 19 heavy (non-hydrogen) atoms. The van der Waals surface area contributed by atoms with Crippen LogP contribution in [0.2, 0.25) is 0 Å². The largest absolute Gasteiger partial charge is 1.00 e. The molecule has 0 aliphatic rings. The number of thiazole rings is 1. The average Bonchev–Trinajstić information content (AvgIpc) is 2.85. The van der Waals surface area contributed by atoms with Crippen LogP contribution in [0.4, 0.5) is 5.13 Å². The second-order valence-corrected chi connectivity index (χ2v) is 4.99. The van der Waals surface area contributed by atoms with Gasteiger partial charge in [0.2, 0.25) is 0 Å². The first-order chi connectivity index (χ1) is 8.66. The number of rotatable bonds is 4. The Bertz CT molecular complexity index is 528. The lowest BCUT2D eigenvalue weighted by Crippen LogP contribution is -3.00. The van der Waals surface area contributed by atoms with Crippen LogP contribution in [-0.4, -0.2) is 31.4 Å². The number of benzene rings is 1. The predicted octanol–water partition coefficient (Wildman–Crippen LogP) is -1.27. The first-order valence-electron chi connectivity index (χ1n) is 5.67. The second-order valence-electron chi connectivity index (χ2n) is 4.11. The Labute approximate surface area is 127 Å². The number of H-pyrrole nitrogens is 1. The van der Waals surface area contributed by atoms with E-state index in [1.807, 2.05) is 35.7 Å².